The lowest BCUT2D eigenvalue weighted by Gasteiger charge is -1.99. The molecule has 0 saturated heterocycles. The molecule has 0 unspecified atom stereocenters. The van der Waals surface area contributed by atoms with Crippen molar-refractivity contribution in [3.63, 3.8) is 0 Å². The molecular weight excluding hydrogens is 324 g/mol. The second-order valence-electron chi connectivity index (χ2n) is 3.69. The predicted molar refractivity (Wildman–Crippen MR) is 69.4 cm³/mol. The highest BCUT2D eigenvalue weighted by Crippen LogP contribution is 2.11. The first-order chi connectivity index (χ1) is 7.13. The molecule has 0 saturated carbocycles. The van der Waals surface area contributed by atoms with Gasteiger partial charge in [0.05, 0.1) is 0 Å². The van der Waals surface area contributed by atoms with Crippen LogP contribution >= 0.6 is 31.9 Å². The van der Waals surface area contributed by atoms with Crippen LogP contribution in [0.2, 0.25) is 0 Å². The summed E-state index contributed by atoms with van der Waals surface area (Å²) in [4.78, 5) is 21.1. The topological polar surface area (TPSA) is 34.1 Å². The molecule has 0 aromatic heterocycles. The van der Waals surface area contributed by atoms with Gasteiger partial charge in [0.2, 0.25) is 0 Å². The fourth-order valence-electron chi connectivity index (χ4n) is 1.41. The summed E-state index contributed by atoms with van der Waals surface area (Å²) in [5.74, 6) is 0. The first-order valence-electron chi connectivity index (χ1n) is 5.49. The Morgan fingerprint density at radius 3 is 1.13 bits per heavy atom. The lowest BCUT2D eigenvalue weighted by molar-refractivity contribution is -0.111. The first-order valence-corrected chi connectivity index (χ1v) is 7.08. The minimum absolute atomic E-state index is 0.110. The van der Waals surface area contributed by atoms with Gasteiger partial charge >= 0.3 is 0 Å². The van der Waals surface area contributed by atoms with Gasteiger partial charge in [-0.1, -0.05) is 32.1 Å². The normalized spacial score (nSPS) is 10.3. The van der Waals surface area contributed by atoms with E-state index < -0.39 is 0 Å². The maximum absolute atomic E-state index is 10.6. The number of unbranched alkanes of at least 4 members (excludes halogenated alkanes) is 6. The Balaban J connectivity index is 2.99. The highest BCUT2D eigenvalue weighted by molar-refractivity contribution is 9.18. The minimum Gasteiger partial charge on any atom is -0.287 e. The Kier molecular flexibility index (Phi) is 11.0. The lowest BCUT2D eigenvalue weighted by atomic mass is 10.1. The molecule has 0 fully saturated rings. The highest BCUT2D eigenvalue weighted by Gasteiger charge is 1.97. The molecule has 15 heavy (non-hydrogen) atoms. The van der Waals surface area contributed by atoms with Crippen molar-refractivity contribution < 1.29 is 9.59 Å². The van der Waals surface area contributed by atoms with Crippen LogP contribution in [0.15, 0.2) is 0 Å². The van der Waals surface area contributed by atoms with Gasteiger partial charge in [0.25, 0.3) is 0 Å². The van der Waals surface area contributed by atoms with E-state index in [0.29, 0.717) is 12.8 Å². The monoisotopic (exact) mass is 340 g/mol. The molecule has 0 amide bonds. The molecule has 0 spiro atoms. The van der Waals surface area contributed by atoms with Crippen LogP contribution in [0.4, 0.5) is 0 Å². The molecule has 0 radical (unpaired) electrons. The van der Waals surface area contributed by atoms with E-state index in [9.17, 15) is 9.59 Å². The number of halogens is 2. The third-order valence-electron chi connectivity index (χ3n) is 2.25. The summed E-state index contributed by atoms with van der Waals surface area (Å²) < 4.78 is 0.219. The third-order valence-corrected chi connectivity index (χ3v) is 3.04. The summed E-state index contributed by atoms with van der Waals surface area (Å²) in [7, 11) is 0. The fraction of sp³-hybridized carbons (Fsp3) is 0.818. The van der Waals surface area contributed by atoms with Crippen LogP contribution in [0.25, 0.3) is 0 Å². The van der Waals surface area contributed by atoms with Crippen LogP contribution in [0.5, 0.6) is 0 Å². The average Bonchev–Trinajstić information content (AvgIpc) is 2.14. The van der Waals surface area contributed by atoms with Crippen LogP contribution in [0, 0.1) is 0 Å². The van der Waals surface area contributed by atoms with E-state index in [1.165, 1.54) is 19.3 Å². The summed E-state index contributed by atoms with van der Waals surface area (Å²) in [6.07, 6.45) is 9.16. The largest absolute Gasteiger partial charge is 0.287 e. The molecule has 0 bridgehead atoms. The molecule has 0 heterocycles. The lowest BCUT2D eigenvalue weighted by Crippen LogP contribution is -1.87. The molecule has 0 aliphatic heterocycles. The highest BCUT2D eigenvalue weighted by atomic mass is 79.9. The molecule has 2 nitrogen and oxygen atoms in total. The van der Waals surface area contributed by atoms with E-state index in [0.717, 1.165) is 25.7 Å². The van der Waals surface area contributed by atoms with Crippen LogP contribution in [-0.2, 0) is 9.59 Å². The van der Waals surface area contributed by atoms with E-state index in [2.05, 4.69) is 31.9 Å². The van der Waals surface area contributed by atoms with Crippen LogP contribution < -0.4 is 0 Å². The van der Waals surface area contributed by atoms with Crippen molar-refractivity contribution in [3.05, 3.63) is 0 Å². The van der Waals surface area contributed by atoms with E-state index in [1.807, 2.05) is 0 Å². The summed E-state index contributed by atoms with van der Waals surface area (Å²) in [5, 5.41) is 0. The van der Waals surface area contributed by atoms with Crippen molar-refractivity contribution in [2.45, 2.75) is 57.8 Å². The van der Waals surface area contributed by atoms with Crippen LogP contribution in [0.3, 0.4) is 0 Å². The van der Waals surface area contributed by atoms with Gasteiger partial charge in [0.15, 0.2) is 9.39 Å². The molecule has 0 N–H and O–H groups in total. The van der Waals surface area contributed by atoms with Crippen molar-refractivity contribution >= 4 is 41.2 Å². The first kappa shape index (κ1) is 15.3. The maximum Gasteiger partial charge on any atom is 0.197 e. The molecular formula is C11H18Br2O2. The molecule has 0 aromatic rings. The summed E-state index contributed by atoms with van der Waals surface area (Å²) in [6, 6.07) is 0. The Labute approximate surface area is 108 Å². The average molecular weight is 342 g/mol. The van der Waals surface area contributed by atoms with Gasteiger partial charge in [0.1, 0.15) is 0 Å². The molecule has 4 heteroatoms. The fourth-order valence-corrected chi connectivity index (χ4v) is 1.97. The summed E-state index contributed by atoms with van der Waals surface area (Å²) >= 11 is 5.83. The Morgan fingerprint density at radius 2 is 0.867 bits per heavy atom. The number of carbonyl (C=O) groups is 2. The van der Waals surface area contributed by atoms with E-state index in [-0.39, 0.29) is 9.39 Å². The number of rotatable bonds is 10. The zero-order valence-corrected chi connectivity index (χ0v) is 12.1. The van der Waals surface area contributed by atoms with Crippen molar-refractivity contribution in [1.29, 1.82) is 0 Å². The van der Waals surface area contributed by atoms with Crippen molar-refractivity contribution in [2.24, 2.45) is 0 Å². The van der Waals surface area contributed by atoms with Gasteiger partial charge in [-0.05, 0) is 44.7 Å². The standard InChI is InChI=1S/C11H18Br2O2/c12-10(14)8-6-4-2-1-3-5-7-9-11(13)15/h1-9H2. The summed E-state index contributed by atoms with van der Waals surface area (Å²) in [5.41, 5.74) is 0. The Bertz CT molecular complexity index is 173. The second kappa shape index (κ2) is 10.8. The molecule has 88 valence electrons. The van der Waals surface area contributed by atoms with E-state index in [1.54, 1.807) is 0 Å². The Hall–Kier alpha value is 0.300. The van der Waals surface area contributed by atoms with Gasteiger partial charge in [-0.25, -0.2) is 0 Å². The van der Waals surface area contributed by atoms with Gasteiger partial charge in [-0.3, -0.25) is 9.59 Å². The second-order valence-corrected chi connectivity index (χ2v) is 5.45. The summed E-state index contributed by atoms with van der Waals surface area (Å²) in [6.45, 7) is 0. The predicted octanol–water partition coefficient (Wildman–Crippen LogP) is 4.34. The van der Waals surface area contributed by atoms with Gasteiger partial charge in [-0.2, -0.15) is 0 Å². The molecule has 0 aliphatic carbocycles. The van der Waals surface area contributed by atoms with Crippen LogP contribution in [-0.4, -0.2) is 9.39 Å². The Morgan fingerprint density at radius 1 is 0.600 bits per heavy atom. The van der Waals surface area contributed by atoms with E-state index in [4.69, 9.17) is 0 Å². The number of hydrogen-bond donors (Lipinski definition) is 0. The minimum atomic E-state index is 0.110. The zero-order chi connectivity index (χ0) is 11.5. The SMILES string of the molecule is O=C(Br)CCCCCCCCCC(=O)Br. The van der Waals surface area contributed by atoms with Gasteiger partial charge in [-0.15, -0.1) is 0 Å². The van der Waals surface area contributed by atoms with Crippen molar-refractivity contribution in [3.8, 4) is 0 Å². The maximum atomic E-state index is 10.6. The number of carbonyl (C=O) groups excluding carboxylic acids is 2. The van der Waals surface area contributed by atoms with Gasteiger partial charge in [0, 0.05) is 12.8 Å². The molecule has 0 aliphatic rings. The van der Waals surface area contributed by atoms with Crippen LogP contribution in [0.1, 0.15) is 57.8 Å². The smallest absolute Gasteiger partial charge is 0.197 e. The quantitative estimate of drug-likeness (QED) is 0.437. The van der Waals surface area contributed by atoms with Crippen molar-refractivity contribution in [2.75, 3.05) is 0 Å². The molecule has 0 atom stereocenters. The zero-order valence-electron chi connectivity index (χ0n) is 8.94. The third kappa shape index (κ3) is 14.3. The van der Waals surface area contributed by atoms with E-state index >= 15 is 0 Å². The number of hydrogen-bond acceptors (Lipinski definition) is 2. The van der Waals surface area contributed by atoms with Crippen molar-refractivity contribution in [1.82, 2.24) is 0 Å². The molecule has 0 aromatic carbocycles. The molecule has 0 rings (SSSR count). The van der Waals surface area contributed by atoms with Gasteiger partial charge < -0.3 is 0 Å².